The molecule has 0 radical (unpaired) electrons. The molecule has 0 spiro atoms. The Morgan fingerprint density at radius 3 is 3.00 bits per heavy atom. The third-order valence-corrected chi connectivity index (χ3v) is 3.82. The molecule has 0 bridgehead atoms. The monoisotopic (exact) mass is 295 g/mol. The summed E-state index contributed by atoms with van der Waals surface area (Å²) in [6.45, 7) is 4.52. The molecule has 6 heteroatoms. The van der Waals surface area contributed by atoms with Crippen LogP contribution in [-0.2, 0) is 4.74 Å². The van der Waals surface area contributed by atoms with E-state index in [4.69, 9.17) is 9.15 Å². The molecule has 0 aromatic carbocycles. The molecule has 21 heavy (non-hydrogen) atoms. The van der Waals surface area contributed by atoms with Gasteiger partial charge in [0.1, 0.15) is 5.76 Å². The van der Waals surface area contributed by atoms with Crippen molar-refractivity contribution < 1.29 is 13.9 Å². The summed E-state index contributed by atoms with van der Waals surface area (Å²) in [5, 5.41) is 3.00. The van der Waals surface area contributed by atoms with Crippen LogP contribution in [0.5, 0.6) is 0 Å². The predicted molar refractivity (Wildman–Crippen MR) is 80.1 cm³/mol. The molecular weight excluding hydrogens is 270 g/mol. The van der Waals surface area contributed by atoms with Gasteiger partial charge in [-0.05, 0) is 32.6 Å². The van der Waals surface area contributed by atoms with Gasteiger partial charge < -0.3 is 19.4 Å². The van der Waals surface area contributed by atoms with Gasteiger partial charge in [0.05, 0.1) is 25.0 Å². The van der Waals surface area contributed by atoms with Gasteiger partial charge in [-0.2, -0.15) is 0 Å². The number of hydrogen-bond donors (Lipinski definition) is 1. The lowest BCUT2D eigenvalue weighted by Gasteiger charge is -2.33. The summed E-state index contributed by atoms with van der Waals surface area (Å²) in [5.74, 6) is 0.855. The number of carbonyl (C=O) groups excluding carboxylic acids is 1. The second-order valence-corrected chi connectivity index (χ2v) is 5.53. The number of nitrogens with one attached hydrogen (secondary N) is 1. The van der Waals surface area contributed by atoms with E-state index in [1.165, 1.54) is 0 Å². The Hall–Kier alpha value is -1.53. The van der Waals surface area contributed by atoms with Crippen molar-refractivity contribution in [3.63, 3.8) is 0 Å². The highest BCUT2D eigenvalue weighted by atomic mass is 16.5. The van der Waals surface area contributed by atoms with Crippen LogP contribution in [0, 0.1) is 0 Å². The average molecular weight is 295 g/mol. The molecule has 1 aliphatic rings. The largest absolute Gasteiger partial charge is 0.468 e. The first-order valence-corrected chi connectivity index (χ1v) is 7.46. The maximum atomic E-state index is 12.3. The molecule has 2 atom stereocenters. The molecule has 1 aliphatic heterocycles. The molecule has 0 saturated carbocycles. The Bertz CT molecular complexity index is 433. The Morgan fingerprint density at radius 2 is 2.38 bits per heavy atom. The van der Waals surface area contributed by atoms with Crippen LogP contribution in [0.3, 0.4) is 0 Å². The van der Waals surface area contributed by atoms with Crippen LogP contribution in [-0.4, -0.2) is 62.3 Å². The highest BCUT2D eigenvalue weighted by Gasteiger charge is 2.24. The van der Waals surface area contributed by atoms with Gasteiger partial charge in [-0.1, -0.05) is 6.92 Å². The van der Waals surface area contributed by atoms with E-state index in [-0.39, 0.29) is 18.2 Å². The van der Waals surface area contributed by atoms with Gasteiger partial charge in [-0.3, -0.25) is 4.90 Å². The normalized spacial score (nSPS) is 20.6. The van der Waals surface area contributed by atoms with E-state index in [0.717, 1.165) is 12.2 Å². The van der Waals surface area contributed by atoms with E-state index in [1.807, 2.05) is 36.0 Å². The molecule has 2 unspecified atom stereocenters. The van der Waals surface area contributed by atoms with Gasteiger partial charge in [-0.25, -0.2) is 4.79 Å². The summed E-state index contributed by atoms with van der Waals surface area (Å²) in [7, 11) is 3.95. The van der Waals surface area contributed by atoms with Crippen LogP contribution in [0.2, 0.25) is 0 Å². The maximum absolute atomic E-state index is 12.3. The molecule has 1 N–H and O–H groups in total. The first-order valence-electron chi connectivity index (χ1n) is 7.46. The number of morpholine rings is 1. The molecule has 2 amide bonds. The molecule has 2 rings (SSSR count). The lowest BCUT2D eigenvalue weighted by atomic mass is 10.2. The minimum Gasteiger partial charge on any atom is -0.468 e. The fraction of sp³-hybridized carbons (Fsp3) is 0.667. The number of nitrogens with zero attached hydrogens (tertiary/aromatic N) is 2. The zero-order chi connectivity index (χ0) is 15.2. The Balaban J connectivity index is 1.87. The number of carbonyl (C=O) groups is 1. The van der Waals surface area contributed by atoms with E-state index in [2.05, 4.69) is 12.2 Å². The third-order valence-electron chi connectivity index (χ3n) is 3.82. The minimum atomic E-state index is -0.0323. The summed E-state index contributed by atoms with van der Waals surface area (Å²) in [6.07, 6.45) is 2.73. The molecule has 1 aromatic rings. The molecule has 1 saturated heterocycles. The van der Waals surface area contributed by atoms with Gasteiger partial charge in [0, 0.05) is 19.6 Å². The molecule has 1 aromatic heterocycles. The SMILES string of the molecule is CCC1CN(C(=O)NCC(c2ccco2)N(C)C)CCO1. The number of hydrogen-bond acceptors (Lipinski definition) is 4. The smallest absolute Gasteiger partial charge is 0.317 e. The number of furan rings is 1. The molecule has 118 valence electrons. The number of ether oxygens (including phenoxy) is 1. The lowest BCUT2D eigenvalue weighted by Crippen LogP contribution is -2.50. The zero-order valence-corrected chi connectivity index (χ0v) is 13.0. The van der Waals surface area contributed by atoms with Crippen molar-refractivity contribution in [3.05, 3.63) is 24.2 Å². The molecular formula is C15H25N3O3. The number of amides is 2. The Labute approximate surface area is 126 Å². The second-order valence-electron chi connectivity index (χ2n) is 5.53. The third kappa shape index (κ3) is 4.22. The zero-order valence-electron chi connectivity index (χ0n) is 13.0. The average Bonchev–Trinajstić information content (AvgIpc) is 3.01. The Morgan fingerprint density at radius 1 is 1.57 bits per heavy atom. The topological polar surface area (TPSA) is 58.0 Å². The van der Waals surface area contributed by atoms with Gasteiger partial charge in [0.25, 0.3) is 0 Å². The van der Waals surface area contributed by atoms with E-state index in [0.29, 0.717) is 26.2 Å². The van der Waals surface area contributed by atoms with Gasteiger partial charge in [0.2, 0.25) is 0 Å². The summed E-state index contributed by atoms with van der Waals surface area (Å²) in [5.41, 5.74) is 0. The molecule has 1 fully saturated rings. The van der Waals surface area contributed by atoms with Crippen LogP contribution in [0.15, 0.2) is 22.8 Å². The van der Waals surface area contributed by atoms with Crippen molar-refractivity contribution in [2.75, 3.05) is 40.3 Å². The number of urea groups is 1. The molecule has 2 heterocycles. The van der Waals surface area contributed by atoms with Crippen molar-refractivity contribution in [2.45, 2.75) is 25.5 Å². The highest BCUT2D eigenvalue weighted by molar-refractivity contribution is 5.74. The van der Waals surface area contributed by atoms with Crippen molar-refractivity contribution in [1.29, 1.82) is 0 Å². The van der Waals surface area contributed by atoms with Crippen molar-refractivity contribution >= 4 is 6.03 Å². The minimum absolute atomic E-state index is 0.0323. The maximum Gasteiger partial charge on any atom is 0.317 e. The predicted octanol–water partition coefficient (Wildman–Crippen LogP) is 1.70. The van der Waals surface area contributed by atoms with E-state index < -0.39 is 0 Å². The van der Waals surface area contributed by atoms with Gasteiger partial charge in [0.15, 0.2) is 0 Å². The van der Waals surface area contributed by atoms with Crippen LogP contribution in [0.1, 0.15) is 25.1 Å². The van der Waals surface area contributed by atoms with Crippen LogP contribution in [0.4, 0.5) is 4.79 Å². The van der Waals surface area contributed by atoms with Gasteiger partial charge >= 0.3 is 6.03 Å². The van der Waals surface area contributed by atoms with Crippen molar-refractivity contribution in [2.24, 2.45) is 0 Å². The van der Waals surface area contributed by atoms with Crippen molar-refractivity contribution in [3.8, 4) is 0 Å². The second kappa shape index (κ2) is 7.47. The standard InChI is InChI=1S/C15H25N3O3/c1-4-12-11-18(7-9-20-12)15(19)16-10-13(17(2)3)14-6-5-8-21-14/h5-6,8,12-13H,4,7,9-11H2,1-3H3,(H,16,19). The summed E-state index contributed by atoms with van der Waals surface area (Å²) in [6, 6.07) is 3.79. The van der Waals surface area contributed by atoms with Crippen LogP contribution >= 0.6 is 0 Å². The van der Waals surface area contributed by atoms with Crippen LogP contribution < -0.4 is 5.32 Å². The van der Waals surface area contributed by atoms with E-state index >= 15 is 0 Å². The van der Waals surface area contributed by atoms with E-state index in [9.17, 15) is 4.79 Å². The first kappa shape index (κ1) is 15.9. The number of likely N-dealkylation sites (N-methyl/N-ethyl adjacent to an activating group) is 1. The first-order chi connectivity index (χ1) is 10.1. The van der Waals surface area contributed by atoms with Crippen LogP contribution in [0.25, 0.3) is 0 Å². The molecule has 6 nitrogen and oxygen atoms in total. The summed E-state index contributed by atoms with van der Waals surface area (Å²) >= 11 is 0. The molecule has 0 aliphatic carbocycles. The van der Waals surface area contributed by atoms with E-state index in [1.54, 1.807) is 6.26 Å². The quantitative estimate of drug-likeness (QED) is 0.898. The summed E-state index contributed by atoms with van der Waals surface area (Å²) < 4.78 is 11.0. The van der Waals surface area contributed by atoms with Gasteiger partial charge in [-0.15, -0.1) is 0 Å². The lowest BCUT2D eigenvalue weighted by molar-refractivity contribution is -0.0155. The summed E-state index contributed by atoms with van der Waals surface area (Å²) in [4.78, 5) is 16.1. The number of rotatable bonds is 5. The van der Waals surface area contributed by atoms with Crippen molar-refractivity contribution in [1.82, 2.24) is 15.1 Å². The fourth-order valence-electron chi connectivity index (χ4n) is 2.47. The Kier molecular flexibility index (Phi) is 5.64. The highest BCUT2D eigenvalue weighted by Crippen LogP contribution is 2.17. The fourth-order valence-corrected chi connectivity index (χ4v) is 2.47.